The highest BCUT2D eigenvalue weighted by atomic mass is 14.9. The van der Waals surface area contributed by atoms with Gasteiger partial charge in [-0.2, -0.15) is 0 Å². The molecule has 4 atom stereocenters. The van der Waals surface area contributed by atoms with Crippen molar-refractivity contribution in [1.82, 2.24) is 5.32 Å². The standard InChI is InChI=1S/C18H27N/c1-12-8-13(2)10-15(9-12)18(19-3)17-11-14-6-4-5-7-16(14)17/h4-7,12-13,15,17-19H,8-11H2,1-3H3. The molecule has 0 saturated heterocycles. The SMILES string of the molecule is CNC(C1CC(C)CC(C)C1)C1Cc2ccccc21. The van der Waals surface area contributed by atoms with E-state index in [4.69, 9.17) is 0 Å². The lowest BCUT2D eigenvalue weighted by molar-refractivity contribution is 0.160. The molecule has 1 aromatic rings. The molecule has 0 bridgehead atoms. The highest BCUT2D eigenvalue weighted by Gasteiger charge is 2.38. The lowest BCUT2D eigenvalue weighted by Crippen LogP contribution is -2.45. The molecule has 0 amide bonds. The smallest absolute Gasteiger partial charge is 0.0164 e. The van der Waals surface area contributed by atoms with Crippen LogP contribution < -0.4 is 5.32 Å². The number of likely N-dealkylation sites (N-methyl/N-ethyl adjacent to an activating group) is 1. The average molecular weight is 257 g/mol. The van der Waals surface area contributed by atoms with Crippen molar-refractivity contribution in [2.24, 2.45) is 17.8 Å². The van der Waals surface area contributed by atoms with E-state index in [-0.39, 0.29) is 0 Å². The number of rotatable bonds is 3. The van der Waals surface area contributed by atoms with Crippen molar-refractivity contribution in [2.75, 3.05) is 7.05 Å². The first-order chi connectivity index (χ1) is 9.19. The zero-order valence-electron chi connectivity index (χ0n) is 12.5. The number of nitrogens with one attached hydrogen (secondary N) is 1. The summed E-state index contributed by atoms with van der Waals surface area (Å²) in [5.74, 6) is 3.42. The van der Waals surface area contributed by atoms with E-state index in [1.165, 1.54) is 25.7 Å². The van der Waals surface area contributed by atoms with E-state index in [1.807, 2.05) is 0 Å². The van der Waals surface area contributed by atoms with Crippen LogP contribution in [-0.2, 0) is 6.42 Å². The summed E-state index contributed by atoms with van der Waals surface area (Å²) in [7, 11) is 2.16. The fourth-order valence-corrected chi connectivity index (χ4v) is 4.69. The molecule has 3 rings (SSSR count). The molecular formula is C18H27N. The van der Waals surface area contributed by atoms with Crippen LogP contribution in [0.5, 0.6) is 0 Å². The van der Waals surface area contributed by atoms with Gasteiger partial charge in [-0.15, -0.1) is 0 Å². The van der Waals surface area contributed by atoms with Gasteiger partial charge in [-0.3, -0.25) is 0 Å². The normalized spacial score (nSPS) is 35.3. The second kappa shape index (κ2) is 5.28. The Labute approximate surface area is 117 Å². The minimum atomic E-state index is 0.681. The molecule has 0 spiro atoms. The summed E-state index contributed by atoms with van der Waals surface area (Å²) in [4.78, 5) is 0. The fourth-order valence-electron chi connectivity index (χ4n) is 4.69. The number of hydrogen-bond acceptors (Lipinski definition) is 1. The third-order valence-corrected chi connectivity index (χ3v) is 5.38. The maximum Gasteiger partial charge on any atom is 0.0164 e. The van der Waals surface area contributed by atoms with Crippen LogP contribution in [0.1, 0.15) is 50.2 Å². The van der Waals surface area contributed by atoms with Crippen molar-refractivity contribution < 1.29 is 0 Å². The van der Waals surface area contributed by atoms with Crippen LogP contribution in [0.3, 0.4) is 0 Å². The topological polar surface area (TPSA) is 12.0 Å². The molecule has 1 saturated carbocycles. The average Bonchev–Trinajstić information content (AvgIpc) is 2.34. The van der Waals surface area contributed by atoms with Gasteiger partial charge in [0.2, 0.25) is 0 Å². The lowest BCUT2D eigenvalue weighted by Gasteiger charge is -2.44. The van der Waals surface area contributed by atoms with E-state index in [0.717, 1.165) is 23.7 Å². The molecule has 0 heterocycles. The van der Waals surface area contributed by atoms with Crippen molar-refractivity contribution in [3.8, 4) is 0 Å². The minimum absolute atomic E-state index is 0.681. The van der Waals surface area contributed by atoms with Gasteiger partial charge < -0.3 is 5.32 Å². The van der Waals surface area contributed by atoms with Crippen LogP contribution in [0.25, 0.3) is 0 Å². The zero-order valence-corrected chi connectivity index (χ0v) is 12.5. The maximum absolute atomic E-state index is 3.66. The Kier molecular flexibility index (Phi) is 3.66. The summed E-state index contributed by atoms with van der Waals surface area (Å²) in [6.45, 7) is 4.87. The number of fused-ring (bicyclic) bond motifs is 1. The third-order valence-electron chi connectivity index (χ3n) is 5.38. The Morgan fingerprint density at radius 3 is 2.37 bits per heavy atom. The summed E-state index contributed by atoms with van der Waals surface area (Å²) in [5.41, 5.74) is 3.18. The molecule has 1 heteroatoms. The van der Waals surface area contributed by atoms with Gasteiger partial charge in [-0.05, 0) is 61.6 Å². The van der Waals surface area contributed by atoms with Crippen molar-refractivity contribution >= 4 is 0 Å². The molecular weight excluding hydrogens is 230 g/mol. The Morgan fingerprint density at radius 1 is 1.05 bits per heavy atom. The second-order valence-corrected chi connectivity index (χ2v) is 7.00. The molecule has 1 nitrogen and oxygen atoms in total. The van der Waals surface area contributed by atoms with E-state index in [1.54, 1.807) is 11.1 Å². The second-order valence-electron chi connectivity index (χ2n) is 7.00. The molecule has 0 aromatic heterocycles. The Balaban J connectivity index is 1.75. The lowest BCUT2D eigenvalue weighted by atomic mass is 9.65. The van der Waals surface area contributed by atoms with Crippen LogP contribution in [-0.4, -0.2) is 13.1 Å². The largest absolute Gasteiger partial charge is 0.316 e. The molecule has 2 aliphatic rings. The van der Waals surface area contributed by atoms with E-state index < -0.39 is 0 Å². The maximum atomic E-state index is 3.66. The summed E-state index contributed by atoms with van der Waals surface area (Å²) in [6.07, 6.45) is 5.53. The molecule has 2 aliphatic carbocycles. The van der Waals surface area contributed by atoms with Gasteiger partial charge in [0.1, 0.15) is 0 Å². The van der Waals surface area contributed by atoms with Crippen LogP contribution in [0.2, 0.25) is 0 Å². The molecule has 4 unspecified atom stereocenters. The van der Waals surface area contributed by atoms with E-state index in [0.29, 0.717) is 6.04 Å². The molecule has 1 N–H and O–H groups in total. The zero-order chi connectivity index (χ0) is 13.4. The van der Waals surface area contributed by atoms with Crippen molar-refractivity contribution in [2.45, 2.75) is 51.5 Å². The van der Waals surface area contributed by atoms with Crippen LogP contribution in [0, 0.1) is 17.8 Å². The summed E-state index contributed by atoms with van der Waals surface area (Å²) in [6, 6.07) is 9.69. The Morgan fingerprint density at radius 2 is 1.74 bits per heavy atom. The predicted octanol–water partition coefficient (Wildman–Crippen LogP) is 3.99. The predicted molar refractivity (Wildman–Crippen MR) is 81.4 cm³/mol. The Bertz CT molecular complexity index is 429. The van der Waals surface area contributed by atoms with Crippen LogP contribution in [0.15, 0.2) is 24.3 Å². The molecule has 0 aliphatic heterocycles. The molecule has 0 radical (unpaired) electrons. The monoisotopic (exact) mass is 257 g/mol. The van der Waals surface area contributed by atoms with Gasteiger partial charge >= 0.3 is 0 Å². The minimum Gasteiger partial charge on any atom is -0.316 e. The highest BCUT2D eigenvalue weighted by molar-refractivity contribution is 5.41. The van der Waals surface area contributed by atoms with Crippen molar-refractivity contribution in [3.63, 3.8) is 0 Å². The van der Waals surface area contributed by atoms with Crippen LogP contribution in [0.4, 0.5) is 0 Å². The molecule has 104 valence electrons. The van der Waals surface area contributed by atoms with Gasteiger partial charge in [0.25, 0.3) is 0 Å². The first-order valence-corrected chi connectivity index (χ1v) is 7.94. The van der Waals surface area contributed by atoms with Gasteiger partial charge in [-0.25, -0.2) is 0 Å². The van der Waals surface area contributed by atoms with E-state index in [2.05, 4.69) is 50.5 Å². The molecule has 1 aromatic carbocycles. The van der Waals surface area contributed by atoms with Gasteiger partial charge in [0, 0.05) is 12.0 Å². The first kappa shape index (κ1) is 13.2. The fraction of sp³-hybridized carbons (Fsp3) is 0.667. The Hall–Kier alpha value is -0.820. The van der Waals surface area contributed by atoms with Gasteiger partial charge in [-0.1, -0.05) is 38.1 Å². The summed E-state index contributed by atoms with van der Waals surface area (Å²) < 4.78 is 0. The first-order valence-electron chi connectivity index (χ1n) is 7.94. The summed E-state index contributed by atoms with van der Waals surface area (Å²) >= 11 is 0. The number of benzene rings is 1. The quantitative estimate of drug-likeness (QED) is 0.863. The van der Waals surface area contributed by atoms with E-state index >= 15 is 0 Å². The van der Waals surface area contributed by atoms with E-state index in [9.17, 15) is 0 Å². The van der Waals surface area contributed by atoms with Gasteiger partial charge in [0.05, 0.1) is 0 Å². The van der Waals surface area contributed by atoms with Gasteiger partial charge in [0.15, 0.2) is 0 Å². The van der Waals surface area contributed by atoms with Crippen molar-refractivity contribution in [3.05, 3.63) is 35.4 Å². The third kappa shape index (κ3) is 2.45. The highest BCUT2D eigenvalue weighted by Crippen LogP contribution is 2.44. The molecule has 1 fully saturated rings. The van der Waals surface area contributed by atoms with Crippen molar-refractivity contribution in [1.29, 1.82) is 0 Å². The summed E-state index contributed by atoms with van der Waals surface area (Å²) in [5, 5.41) is 3.66. The van der Waals surface area contributed by atoms with Crippen LogP contribution >= 0.6 is 0 Å². The number of hydrogen-bond donors (Lipinski definition) is 1. The molecule has 19 heavy (non-hydrogen) atoms.